The Morgan fingerprint density at radius 1 is 1.16 bits per heavy atom. The highest BCUT2D eigenvalue weighted by Crippen LogP contribution is 2.34. The number of aliphatic imine (C=N–C) groups is 1. The van der Waals surface area contributed by atoms with Crippen LogP contribution >= 0.6 is 11.6 Å². The van der Waals surface area contributed by atoms with Crippen molar-refractivity contribution in [3.63, 3.8) is 0 Å². The second-order valence-electron chi connectivity index (χ2n) is 8.23. The standard InChI is InChI=1S/C22H21ClFN3.C5H12/c1-13-15(8-5-11-19(13)24)14(2)25-22-17-9-6-12-20(17)26-21(27-22)16-7-3-4-10-18(16)23;1-3-5-4-2/h3-5,7-8,10-11,21,26H,2,6,9,12H2,1H3,(H,25,27);3-5H2,1-2H3. The van der Waals surface area contributed by atoms with E-state index in [4.69, 9.17) is 16.6 Å². The Hall–Kier alpha value is -2.59. The molecule has 0 saturated carbocycles. The van der Waals surface area contributed by atoms with E-state index >= 15 is 0 Å². The number of allylic oxidation sites excluding steroid dienone is 1. The Morgan fingerprint density at radius 3 is 2.59 bits per heavy atom. The van der Waals surface area contributed by atoms with Crippen LogP contribution in [0.15, 0.2) is 65.3 Å². The predicted molar refractivity (Wildman–Crippen MR) is 134 cm³/mol. The highest BCUT2D eigenvalue weighted by atomic mass is 35.5. The van der Waals surface area contributed by atoms with Gasteiger partial charge in [-0.2, -0.15) is 0 Å². The molecule has 0 radical (unpaired) electrons. The van der Waals surface area contributed by atoms with E-state index < -0.39 is 0 Å². The second kappa shape index (κ2) is 11.3. The molecule has 4 rings (SSSR count). The third-order valence-electron chi connectivity index (χ3n) is 5.84. The van der Waals surface area contributed by atoms with Gasteiger partial charge in [0.2, 0.25) is 0 Å². The summed E-state index contributed by atoms with van der Waals surface area (Å²) in [5, 5.41) is 7.54. The highest BCUT2D eigenvalue weighted by molar-refractivity contribution is 6.31. The van der Waals surface area contributed by atoms with E-state index in [0.717, 1.165) is 36.2 Å². The molecule has 0 aromatic heterocycles. The van der Waals surface area contributed by atoms with Gasteiger partial charge in [0.1, 0.15) is 17.8 Å². The number of rotatable bonds is 5. The lowest BCUT2D eigenvalue weighted by atomic mass is 10.0. The number of hydrogen-bond donors (Lipinski definition) is 2. The van der Waals surface area contributed by atoms with Gasteiger partial charge < -0.3 is 10.6 Å². The van der Waals surface area contributed by atoms with Crippen LogP contribution in [0.4, 0.5) is 4.39 Å². The maximum Gasteiger partial charge on any atom is 0.148 e. The molecule has 0 amide bonds. The molecule has 0 spiro atoms. The Labute approximate surface area is 196 Å². The minimum atomic E-state index is -0.251. The van der Waals surface area contributed by atoms with Gasteiger partial charge in [0.15, 0.2) is 0 Å². The van der Waals surface area contributed by atoms with Crippen molar-refractivity contribution in [3.8, 4) is 0 Å². The van der Waals surface area contributed by atoms with E-state index in [2.05, 4.69) is 31.1 Å². The molecule has 1 atom stereocenters. The fourth-order valence-electron chi connectivity index (χ4n) is 4.02. The van der Waals surface area contributed by atoms with Crippen molar-refractivity contribution in [2.75, 3.05) is 0 Å². The molecule has 2 aliphatic rings. The largest absolute Gasteiger partial charge is 0.363 e. The van der Waals surface area contributed by atoms with Crippen LogP contribution in [0.3, 0.4) is 0 Å². The minimum Gasteiger partial charge on any atom is -0.363 e. The number of benzene rings is 2. The summed E-state index contributed by atoms with van der Waals surface area (Å²) in [6, 6.07) is 12.7. The van der Waals surface area contributed by atoms with Crippen molar-refractivity contribution in [3.05, 3.63) is 87.8 Å². The van der Waals surface area contributed by atoms with Crippen LogP contribution in [0.25, 0.3) is 5.70 Å². The number of nitrogens with one attached hydrogen (secondary N) is 2. The average Bonchev–Trinajstić information content (AvgIpc) is 3.26. The summed E-state index contributed by atoms with van der Waals surface area (Å²) in [7, 11) is 0. The van der Waals surface area contributed by atoms with Crippen LogP contribution in [-0.2, 0) is 0 Å². The zero-order chi connectivity index (χ0) is 23.1. The van der Waals surface area contributed by atoms with Gasteiger partial charge in [-0.1, -0.05) is 81.6 Å². The molecule has 0 saturated heterocycles. The average molecular weight is 454 g/mol. The number of unbranched alkanes of at least 4 members (excludes halogenated alkanes) is 2. The van der Waals surface area contributed by atoms with E-state index in [-0.39, 0.29) is 12.0 Å². The van der Waals surface area contributed by atoms with Gasteiger partial charge in [-0.15, -0.1) is 0 Å². The lowest BCUT2D eigenvalue weighted by Gasteiger charge is -2.27. The van der Waals surface area contributed by atoms with Crippen molar-refractivity contribution >= 4 is 23.1 Å². The second-order valence-corrected chi connectivity index (χ2v) is 8.63. The maximum absolute atomic E-state index is 13.9. The summed E-state index contributed by atoms with van der Waals surface area (Å²) in [5.41, 5.74) is 5.28. The van der Waals surface area contributed by atoms with Crippen LogP contribution in [-0.4, -0.2) is 5.84 Å². The first-order valence-corrected chi connectivity index (χ1v) is 11.9. The Morgan fingerprint density at radius 2 is 1.91 bits per heavy atom. The summed E-state index contributed by atoms with van der Waals surface area (Å²) in [5.74, 6) is 0.553. The predicted octanol–water partition coefficient (Wildman–Crippen LogP) is 7.68. The van der Waals surface area contributed by atoms with Gasteiger partial charge >= 0.3 is 0 Å². The number of hydrogen-bond acceptors (Lipinski definition) is 3. The normalized spacial score (nSPS) is 17.0. The Bertz CT molecular complexity index is 1020. The van der Waals surface area contributed by atoms with Crippen LogP contribution in [0, 0.1) is 12.7 Å². The molecular weight excluding hydrogens is 421 g/mol. The zero-order valence-electron chi connectivity index (χ0n) is 19.3. The molecule has 1 heterocycles. The van der Waals surface area contributed by atoms with E-state index in [0.29, 0.717) is 16.3 Å². The van der Waals surface area contributed by atoms with Gasteiger partial charge in [0, 0.05) is 33.1 Å². The molecule has 170 valence electrons. The summed E-state index contributed by atoms with van der Waals surface area (Å²) in [6.45, 7) is 10.3. The van der Waals surface area contributed by atoms with Gasteiger partial charge in [0.25, 0.3) is 0 Å². The first-order valence-electron chi connectivity index (χ1n) is 11.5. The SMILES string of the molecule is C=C(NC1=NC(c2ccccc2Cl)NC2=C1CCC2)c1cccc(F)c1C.CCCCC. The summed E-state index contributed by atoms with van der Waals surface area (Å²) in [4.78, 5) is 4.87. The molecule has 2 N–H and O–H groups in total. The molecule has 1 aliphatic heterocycles. The third kappa shape index (κ3) is 5.60. The van der Waals surface area contributed by atoms with Crippen molar-refractivity contribution in [2.24, 2.45) is 4.99 Å². The number of nitrogens with zero attached hydrogens (tertiary/aromatic N) is 1. The Kier molecular flexibility index (Phi) is 8.52. The fraction of sp³-hybridized carbons (Fsp3) is 0.370. The van der Waals surface area contributed by atoms with Crippen LogP contribution in [0.2, 0.25) is 5.02 Å². The summed E-state index contributed by atoms with van der Waals surface area (Å²) < 4.78 is 13.9. The summed E-state index contributed by atoms with van der Waals surface area (Å²) in [6.07, 6.45) is 6.85. The molecule has 0 fully saturated rings. The monoisotopic (exact) mass is 453 g/mol. The first-order chi connectivity index (χ1) is 15.5. The van der Waals surface area contributed by atoms with Crippen LogP contribution in [0.1, 0.15) is 75.2 Å². The quantitative estimate of drug-likeness (QED) is 0.486. The van der Waals surface area contributed by atoms with Crippen molar-refractivity contribution in [1.82, 2.24) is 10.6 Å². The minimum absolute atomic E-state index is 0.239. The first kappa shape index (κ1) is 24.1. The van der Waals surface area contributed by atoms with E-state index in [1.807, 2.05) is 30.3 Å². The molecular formula is C27H33ClFN3. The molecule has 32 heavy (non-hydrogen) atoms. The molecule has 2 aromatic carbocycles. The molecule has 5 heteroatoms. The molecule has 3 nitrogen and oxygen atoms in total. The molecule has 0 bridgehead atoms. The van der Waals surface area contributed by atoms with Crippen molar-refractivity contribution in [1.29, 1.82) is 0 Å². The Balaban J connectivity index is 0.000000523. The van der Waals surface area contributed by atoms with Crippen LogP contribution < -0.4 is 10.6 Å². The maximum atomic E-state index is 13.9. The highest BCUT2D eigenvalue weighted by Gasteiger charge is 2.28. The lowest BCUT2D eigenvalue weighted by molar-refractivity contribution is 0.601. The molecule has 1 aliphatic carbocycles. The van der Waals surface area contributed by atoms with E-state index in [9.17, 15) is 4.39 Å². The van der Waals surface area contributed by atoms with E-state index in [1.54, 1.807) is 13.0 Å². The van der Waals surface area contributed by atoms with Gasteiger partial charge in [-0.25, -0.2) is 9.38 Å². The van der Waals surface area contributed by atoms with Crippen LogP contribution in [0.5, 0.6) is 0 Å². The smallest absolute Gasteiger partial charge is 0.148 e. The van der Waals surface area contributed by atoms with Gasteiger partial charge in [-0.3, -0.25) is 0 Å². The van der Waals surface area contributed by atoms with Crippen molar-refractivity contribution in [2.45, 2.75) is 65.5 Å². The van der Waals surface area contributed by atoms with Gasteiger partial charge in [0.05, 0.1) is 0 Å². The molecule has 2 aromatic rings. The number of amidine groups is 1. The van der Waals surface area contributed by atoms with Gasteiger partial charge in [-0.05, 0) is 43.9 Å². The topological polar surface area (TPSA) is 36.4 Å². The zero-order valence-corrected chi connectivity index (χ0v) is 20.0. The fourth-order valence-corrected chi connectivity index (χ4v) is 4.26. The third-order valence-corrected chi connectivity index (χ3v) is 6.19. The summed E-state index contributed by atoms with van der Waals surface area (Å²) >= 11 is 6.38. The van der Waals surface area contributed by atoms with Crippen molar-refractivity contribution < 1.29 is 4.39 Å². The number of halogens is 2. The van der Waals surface area contributed by atoms with E-state index in [1.165, 1.54) is 36.6 Å². The molecule has 1 unspecified atom stereocenters. The lowest BCUT2D eigenvalue weighted by Crippen LogP contribution is -2.33.